The van der Waals surface area contributed by atoms with Crippen LogP contribution in [0.5, 0.6) is 5.75 Å². The molecule has 0 aliphatic carbocycles. The maximum atomic E-state index is 13.2. The lowest BCUT2D eigenvalue weighted by molar-refractivity contribution is -0.134. The summed E-state index contributed by atoms with van der Waals surface area (Å²) in [5.74, 6) is -0.145. The normalized spacial score (nSPS) is 16.9. The molecule has 1 aliphatic heterocycles. The molecule has 1 heterocycles. The van der Waals surface area contributed by atoms with E-state index < -0.39 is 11.9 Å². The summed E-state index contributed by atoms with van der Waals surface area (Å²) in [6.45, 7) is 3.00. The molecule has 0 aromatic heterocycles. The lowest BCUT2D eigenvalue weighted by Gasteiger charge is -2.26. The minimum atomic E-state index is -0.842. The van der Waals surface area contributed by atoms with Crippen molar-refractivity contribution in [2.24, 2.45) is 0 Å². The molecule has 110 valence electrons. The molecular weight excluding hydrogens is 261 g/mol. The summed E-state index contributed by atoms with van der Waals surface area (Å²) in [6, 6.07) is 3.93. The van der Waals surface area contributed by atoms with Crippen molar-refractivity contribution < 1.29 is 19.0 Å². The first-order chi connectivity index (χ1) is 9.58. The molecule has 1 N–H and O–H groups in total. The second-order valence-electron chi connectivity index (χ2n) is 5.09. The Morgan fingerprint density at radius 2 is 2.10 bits per heavy atom. The molecule has 4 nitrogen and oxygen atoms in total. The summed E-state index contributed by atoms with van der Waals surface area (Å²) in [4.78, 5) is 13.8. The van der Waals surface area contributed by atoms with Crippen LogP contribution in [-0.4, -0.2) is 35.6 Å². The van der Waals surface area contributed by atoms with Gasteiger partial charge < -0.3 is 14.7 Å². The van der Waals surface area contributed by atoms with E-state index in [9.17, 15) is 14.3 Å². The standard InChI is InChI=1S/C15H20FNO3/c1-11(18)13-9-12(16)5-6-14(13)20-10-15(19)17-7-3-2-4-8-17/h5-6,9,11,18H,2-4,7-8,10H2,1H3/t11-/m0/s1. The summed E-state index contributed by atoms with van der Waals surface area (Å²) in [7, 11) is 0. The number of carbonyl (C=O) groups excluding carboxylic acids is 1. The molecular formula is C15H20FNO3. The Labute approximate surface area is 118 Å². The Morgan fingerprint density at radius 3 is 2.75 bits per heavy atom. The van der Waals surface area contributed by atoms with Gasteiger partial charge in [0.15, 0.2) is 6.61 Å². The van der Waals surface area contributed by atoms with E-state index in [0.29, 0.717) is 11.3 Å². The van der Waals surface area contributed by atoms with Gasteiger partial charge in [-0.2, -0.15) is 0 Å². The number of benzene rings is 1. The monoisotopic (exact) mass is 281 g/mol. The van der Waals surface area contributed by atoms with Crippen LogP contribution in [0.15, 0.2) is 18.2 Å². The SMILES string of the molecule is C[C@H](O)c1cc(F)ccc1OCC(=O)N1CCCCC1. The van der Waals surface area contributed by atoms with Gasteiger partial charge in [0.1, 0.15) is 11.6 Å². The lowest BCUT2D eigenvalue weighted by Crippen LogP contribution is -2.38. The molecule has 1 aliphatic rings. The van der Waals surface area contributed by atoms with Crippen LogP contribution in [0, 0.1) is 5.82 Å². The summed E-state index contributed by atoms with van der Waals surface area (Å²) in [6.07, 6.45) is 2.38. The smallest absolute Gasteiger partial charge is 0.260 e. The van der Waals surface area contributed by atoms with Gasteiger partial charge in [-0.3, -0.25) is 4.79 Å². The van der Waals surface area contributed by atoms with Crippen molar-refractivity contribution in [1.82, 2.24) is 4.90 Å². The van der Waals surface area contributed by atoms with Crippen molar-refractivity contribution in [2.45, 2.75) is 32.3 Å². The number of aliphatic hydroxyl groups is 1. The van der Waals surface area contributed by atoms with Crippen LogP contribution in [0.4, 0.5) is 4.39 Å². The summed E-state index contributed by atoms with van der Waals surface area (Å²) < 4.78 is 18.6. The number of carbonyl (C=O) groups is 1. The highest BCUT2D eigenvalue weighted by Crippen LogP contribution is 2.26. The molecule has 5 heteroatoms. The van der Waals surface area contributed by atoms with Crippen LogP contribution >= 0.6 is 0 Å². The molecule has 20 heavy (non-hydrogen) atoms. The summed E-state index contributed by atoms with van der Waals surface area (Å²) in [5.41, 5.74) is 0.358. The number of rotatable bonds is 4. The minimum Gasteiger partial charge on any atom is -0.483 e. The first-order valence-electron chi connectivity index (χ1n) is 6.96. The third-order valence-corrected chi connectivity index (χ3v) is 3.48. The van der Waals surface area contributed by atoms with Gasteiger partial charge in [0, 0.05) is 18.7 Å². The first-order valence-corrected chi connectivity index (χ1v) is 6.96. The van der Waals surface area contributed by atoms with Gasteiger partial charge in [0.25, 0.3) is 5.91 Å². The van der Waals surface area contributed by atoms with Crippen LogP contribution in [0.25, 0.3) is 0 Å². The highest BCUT2D eigenvalue weighted by atomic mass is 19.1. The molecule has 1 amide bonds. The molecule has 1 atom stereocenters. The zero-order valence-corrected chi connectivity index (χ0v) is 11.6. The molecule has 1 saturated heterocycles. The van der Waals surface area contributed by atoms with Gasteiger partial charge >= 0.3 is 0 Å². The van der Waals surface area contributed by atoms with Gasteiger partial charge in [0.05, 0.1) is 6.10 Å². The fraction of sp³-hybridized carbons (Fsp3) is 0.533. The van der Waals surface area contributed by atoms with Gasteiger partial charge in [0.2, 0.25) is 0 Å². The number of hydrogen-bond acceptors (Lipinski definition) is 3. The van der Waals surface area contributed by atoms with Crippen LogP contribution in [0.2, 0.25) is 0 Å². The average molecular weight is 281 g/mol. The number of likely N-dealkylation sites (tertiary alicyclic amines) is 1. The predicted octanol–water partition coefficient (Wildman–Crippen LogP) is 2.27. The van der Waals surface area contributed by atoms with Crippen LogP contribution in [-0.2, 0) is 4.79 Å². The Balaban J connectivity index is 1.98. The Hall–Kier alpha value is -1.62. The number of aliphatic hydroxyl groups excluding tert-OH is 1. The number of amides is 1. The van der Waals surface area contributed by atoms with Gasteiger partial charge in [-0.15, -0.1) is 0 Å². The number of piperidine rings is 1. The highest BCUT2D eigenvalue weighted by Gasteiger charge is 2.18. The molecule has 1 aromatic rings. The van der Waals surface area contributed by atoms with E-state index >= 15 is 0 Å². The summed E-state index contributed by atoms with van der Waals surface area (Å²) in [5, 5.41) is 9.60. The number of nitrogens with zero attached hydrogens (tertiary/aromatic N) is 1. The molecule has 0 spiro atoms. The number of halogens is 1. The minimum absolute atomic E-state index is 0.0643. The van der Waals surface area contributed by atoms with Crippen molar-refractivity contribution in [1.29, 1.82) is 0 Å². The van der Waals surface area contributed by atoms with Crippen LogP contribution < -0.4 is 4.74 Å². The maximum Gasteiger partial charge on any atom is 0.260 e. The molecule has 1 fully saturated rings. The average Bonchev–Trinajstić information content (AvgIpc) is 2.46. The largest absolute Gasteiger partial charge is 0.483 e. The van der Waals surface area contributed by atoms with Crippen molar-refractivity contribution in [3.05, 3.63) is 29.6 Å². The number of hydrogen-bond donors (Lipinski definition) is 1. The van der Waals surface area contributed by atoms with E-state index in [1.165, 1.54) is 25.1 Å². The zero-order valence-electron chi connectivity index (χ0n) is 11.6. The summed E-state index contributed by atoms with van der Waals surface area (Å²) >= 11 is 0. The quantitative estimate of drug-likeness (QED) is 0.921. The second kappa shape index (κ2) is 6.70. The Kier molecular flexibility index (Phi) is 4.95. The topological polar surface area (TPSA) is 49.8 Å². The van der Waals surface area contributed by atoms with Crippen LogP contribution in [0.1, 0.15) is 37.9 Å². The predicted molar refractivity (Wildman–Crippen MR) is 73.0 cm³/mol. The van der Waals surface area contributed by atoms with Gasteiger partial charge in [-0.05, 0) is 44.4 Å². The van der Waals surface area contributed by atoms with Crippen molar-refractivity contribution in [3.63, 3.8) is 0 Å². The van der Waals surface area contributed by atoms with E-state index in [1.807, 2.05) is 0 Å². The molecule has 0 unspecified atom stereocenters. The zero-order chi connectivity index (χ0) is 14.5. The lowest BCUT2D eigenvalue weighted by atomic mass is 10.1. The number of ether oxygens (including phenoxy) is 1. The fourth-order valence-corrected chi connectivity index (χ4v) is 2.35. The van der Waals surface area contributed by atoms with E-state index in [-0.39, 0.29) is 12.5 Å². The van der Waals surface area contributed by atoms with E-state index in [2.05, 4.69) is 0 Å². The molecule has 2 rings (SSSR count). The van der Waals surface area contributed by atoms with Crippen molar-refractivity contribution in [3.8, 4) is 5.75 Å². The van der Waals surface area contributed by atoms with E-state index in [0.717, 1.165) is 32.4 Å². The van der Waals surface area contributed by atoms with E-state index in [1.54, 1.807) is 4.90 Å². The molecule has 0 bridgehead atoms. The third-order valence-electron chi connectivity index (χ3n) is 3.48. The highest BCUT2D eigenvalue weighted by molar-refractivity contribution is 5.77. The van der Waals surface area contributed by atoms with E-state index in [4.69, 9.17) is 4.74 Å². The van der Waals surface area contributed by atoms with Crippen molar-refractivity contribution >= 4 is 5.91 Å². The fourth-order valence-electron chi connectivity index (χ4n) is 2.35. The maximum absolute atomic E-state index is 13.2. The molecule has 1 aromatic carbocycles. The van der Waals surface area contributed by atoms with Gasteiger partial charge in [-0.25, -0.2) is 4.39 Å². The van der Waals surface area contributed by atoms with Crippen LogP contribution in [0.3, 0.4) is 0 Å². The first kappa shape index (κ1) is 14.8. The van der Waals surface area contributed by atoms with Crippen molar-refractivity contribution in [2.75, 3.05) is 19.7 Å². The second-order valence-corrected chi connectivity index (χ2v) is 5.09. The molecule has 0 saturated carbocycles. The molecule has 0 radical (unpaired) electrons. The van der Waals surface area contributed by atoms with Gasteiger partial charge in [-0.1, -0.05) is 0 Å². The Bertz CT molecular complexity index is 470. The Morgan fingerprint density at radius 1 is 1.40 bits per heavy atom. The third kappa shape index (κ3) is 3.70.